The SMILES string of the molecule is COc1cc2c(cc1OCCCP(=O)(CCCN)CCCOc1cc3c(cc1OC)C(=O)N1CC(F)C[C@H]1CN3)N=C[C@@H]1CC(F)CN1C2=O. The normalized spacial score (nSPS) is 23.5. The number of hydrogen-bond donors (Lipinski definition) is 2. The third-order valence-electron chi connectivity index (χ3n) is 9.84. The molecule has 272 valence electrons. The molecule has 0 bridgehead atoms. The van der Waals surface area contributed by atoms with Crippen molar-refractivity contribution in [3.05, 3.63) is 35.4 Å². The molecular formula is C35H46F2N5O7P. The Labute approximate surface area is 291 Å². The third-order valence-corrected chi connectivity index (χ3v) is 13.2. The third kappa shape index (κ3) is 7.71. The number of nitrogens with two attached hydrogens (primary N) is 1. The summed E-state index contributed by atoms with van der Waals surface area (Å²) < 4.78 is 65.2. The number of halogens is 2. The Morgan fingerprint density at radius 1 is 0.840 bits per heavy atom. The van der Waals surface area contributed by atoms with Gasteiger partial charge in [0.25, 0.3) is 11.8 Å². The first-order valence-electron chi connectivity index (χ1n) is 17.3. The highest BCUT2D eigenvalue weighted by Gasteiger charge is 2.39. The number of alkyl halides is 2. The van der Waals surface area contributed by atoms with Gasteiger partial charge >= 0.3 is 0 Å². The van der Waals surface area contributed by atoms with Gasteiger partial charge in [0.1, 0.15) is 12.3 Å². The van der Waals surface area contributed by atoms with Crippen LogP contribution in [0.5, 0.6) is 23.0 Å². The number of carbonyl (C=O) groups is 2. The molecule has 0 saturated carbocycles. The maximum Gasteiger partial charge on any atom is 0.256 e. The summed E-state index contributed by atoms with van der Waals surface area (Å²) in [7, 11) is 0.374. The van der Waals surface area contributed by atoms with Gasteiger partial charge in [0.2, 0.25) is 0 Å². The summed E-state index contributed by atoms with van der Waals surface area (Å²) in [6.45, 7) is 1.58. The number of fused-ring (bicyclic) bond motifs is 4. The minimum atomic E-state index is -2.61. The van der Waals surface area contributed by atoms with Crippen LogP contribution in [-0.4, -0.2) is 124 Å². The molecule has 0 aromatic heterocycles. The molecule has 3 unspecified atom stereocenters. The molecule has 6 rings (SSSR count). The van der Waals surface area contributed by atoms with E-state index in [1.807, 2.05) is 0 Å². The summed E-state index contributed by atoms with van der Waals surface area (Å²) in [4.78, 5) is 33.9. The van der Waals surface area contributed by atoms with Crippen LogP contribution in [-0.2, 0) is 4.57 Å². The van der Waals surface area contributed by atoms with Crippen molar-refractivity contribution in [1.29, 1.82) is 0 Å². The second-order valence-corrected chi connectivity index (χ2v) is 16.8. The molecule has 4 heterocycles. The van der Waals surface area contributed by atoms with Crippen LogP contribution in [0.1, 0.15) is 52.8 Å². The minimum absolute atomic E-state index is 0.0385. The van der Waals surface area contributed by atoms with E-state index in [0.717, 1.165) is 0 Å². The molecule has 4 aliphatic heterocycles. The van der Waals surface area contributed by atoms with Crippen molar-refractivity contribution in [3.63, 3.8) is 0 Å². The zero-order valence-corrected chi connectivity index (χ0v) is 29.5. The number of amides is 2. The standard InChI is InChI=1S/C35H46F2N5O7P/c1-46-30-14-26-28(39-18-24-12-22(36)20-41(24)34(26)43)16-32(30)48-7-4-10-50(45,9-3-6-38)11-5-8-49-33-17-29-27(15-31(33)47-2)35(44)42-21-23(37)13-25(42)19-40-29/h14-18,22-25,40H,3-13,19-21,38H2,1-2H3/t22?,23?,24-,25-,50?/m0/s1. The van der Waals surface area contributed by atoms with Crippen molar-refractivity contribution in [2.75, 3.05) is 77.4 Å². The molecule has 2 saturated heterocycles. The van der Waals surface area contributed by atoms with Crippen molar-refractivity contribution >= 4 is 36.5 Å². The van der Waals surface area contributed by atoms with E-state index in [0.29, 0.717) is 109 Å². The van der Waals surface area contributed by atoms with Gasteiger partial charge in [-0.1, -0.05) is 0 Å². The van der Waals surface area contributed by atoms with Crippen LogP contribution in [0.3, 0.4) is 0 Å². The lowest BCUT2D eigenvalue weighted by molar-refractivity contribution is 0.0740. The molecule has 0 spiro atoms. The van der Waals surface area contributed by atoms with E-state index in [9.17, 15) is 22.9 Å². The molecule has 3 N–H and O–H groups in total. The van der Waals surface area contributed by atoms with E-state index in [4.69, 9.17) is 24.7 Å². The van der Waals surface area contributed by atoms with Crippen LogP contribution < -0.4 is 30.0 Å². The number of methoxy groups -OCH3 is 2. The van der Waals surface area contributed by atoms with Crippen molar-refractivity contribution in [3.8, 4) is 23.0 Å². The van der Waals surface area contributed by atoms with Crippen molar-refractivity contribution in [2.45, 2.75) is 56.5 Å². The number of nitrogens with zero attached hydrogens (tertiary/aromatic N) is 3. The summed E-state index contributed by atoms with van der Waals surface area (Å²) in [5, 5.41) is 3.28. The summed E-state index contributed by atoms with van der Waals surface area (Å²) in [5.41, 5.74) is 7.58. The van der Waals surface area contributed by atoms with Gasteiger partial charge in [0, 0.05) is 56.2 Å². The van der Waals surface area contributed by atoms with E-state index in [2.05, 4.69) is 10.3 Å². The number of rotatable bonds is 15. The molecule has 2 aromatic rings. The van der Waals surface area contributed by atoms with Gasteiger partial charge < -0.3 is 44.4 Å². The highest BCUT2D eigenvalue weighted by molar-refractivity contribution is 7.63. The van der Waals surface area contributed by atoms with E-state index in [1.165, 1.54) is 19.1 Å². The van der Waals surface area contributed by atoms with Gasteiger partial charge in [-0.05, 0) is 37.9 Å². The second kappa shape index (κ2) is 15.6. The van der Waals surface area contributed by atoms with Gasteiger partial charge in [-0.25, -0.2) is 8.78 Å². The number of ether oxygens (including phenoxy) is 4. The first kappa shape index (κ1) is 35.9. The lowest BCUT2D eigenvalue weighted by Gasteiger charge is -2.21. The molecule has 2 amide bonds. The predicted molar refractivity (Wildman–Crippen MR) is 187 cm³/mol. The van der Waals surface area contributed by atoms with Crippen LogP contribution in [0, 0.1) is 0 Å². The molecule has 2 aromatic carbocycles. The number of benzene rings is 2. The Morgan fingerprint density at radius 3 is 2.12 bits per heavy atom. The highest BCUT2D eigenvalue weighted by atomic mass is 31.2. The zero-order chi connectivity index (χ0) is 35.4. The average molecular weight is 718 g/mol. The molecule has 0 radical (unpaired) electrons. The Kier molecular flexibility index (Phi) is 11.2. The maximum atomic E-state index is 14.0. The number of nitrogens with one attached hydrogen (secondary N) is 1. The lowest BCUT2D eigenvalue weighted by Crippen LogP contribution is -2.37. The molecular weight excluding hydrogens is 671 g/mol. The van der Waals surface area contributed by atoms with Crippen molar-refractivity contribution < 1.29 is 41.9 Å². The highest BCUT2D eigenvalue weighted by Crippen LogP contribution is 2.48. The van der Waals surface area contributed by atoms with Crippen molar-refractivity contribution in [1.82, 2.24) is 9.80 Å². The van der Waals surface area contributed by atoms with Crippen LogP contribution >= 0.6 is 7.14 Å². The van der Waals surface area contributed by atoms with E-state index < -0.39 is 19.5 Å². The van der Waals surface area contributed by atoms with Gasteiger partial charge in [-0.15, -0.1) is 0 Å². The molecule has 50 heavy (non-hydrogen) atoms. The quantitative estimate of drug-likeness (QED) is 0.194. The second-order valence-electron chi connectivity index (χ2n) is 13.3. The van der Waals surface area contributed by atoms with Gasteiger partial charge in [-0.2, -0.15) is 0 Å². The molecule has 5 atom stereocenters. The number of anilines is 1. The van der Waals surface area contributed by atoms with Crippen LogP contribution in [0.15, 0.2) is 29.3 Å². The van der Waals surface area contributed by atoms with Crippen molar-refractivity contribution in [2.24, 2.45) is 10.7 Å². The largest absolute Gasteiger partial charge is 0.493 e. The van der Waals surface area contributed by atoms with E-state index in [1.54, 1.807) is 35.4 Å². The van der Waals surface area contributed by atoms with Crippen LogP contribution in [0.25, 0.3) is 0 Å². The summed E-state index contributed by atoms with van der Waals surface area (Å²) >= 11 is 0. The van der Waals surface area contributed by atoms with Crippen LogP contribution in [0.4, 0.5) is 20.2 Å². The predicted octanol–water partition coefficient (Wildman–Crippen LogP) is 4.90. The topological polar surface area (TPSA) is 145 Å². The molecule has 4 aliphatic rings. The summed E-state index contributed by atoms with van der Waals surface area (Å²) in [6.07, 6.45) is 3.21. The first-order chi connectivity index (χ1) is 24.1. The molecule has 15 heteroatoms. The monoisotopic (exact) mass is 717 g/mol. The zero-order valence-electron chi connectivity index (χ0n) is 28.6. The Morgan fingerprint density at radius 2 is 1.44 bits per heavy atom. The minimum Gasteiger partial charge on any atom is -0.493 e. The van der Waals surface area contributed by atoms with E-state index >= 15 is 0 Å². The smallest absolute Gasteiger partial charge is 0.256 e. The van der Waals surface area contributed by atoms with Crippen LogP contribution in [0.2, 0.25) is 0 Å². The lowest BCUT2D eigenvalue weighted by atomic mass is 10.1. The Bertz CT molecular complexity index is 1660. The van der Waals surface area contributed by atoms with Gasteiger partial charge in [0.05, 0.1) is 82.3 Å². The molecule has 12 nitrogen and oxygen atoms in total. The Hall–Kier alpha value is -3.90. The maximum absolute atomic E-state index is 14.0. The van der Waals surface area contributed by atoms with Gasteiger partial charge in [-0.3, -0.25) is 14.6 Å². The number of carbonyl (C=O) groups excluding carboxylic acids is 2. The Balaban J connectivity index is 1.04. The molecule has 2 fully saturated rings. The number of hydrogen-bond acceptors (Lipinski definition) is 10. The van der Waals surface area contributed by atoms with Gasteiger partial charge in [0.15, 0.2) is 23.0 Å². The summed E-state index contributed by atoms with van der Waals surface area (Å²) in [6, 6.07) is 6.03. The summed E-state index contributed by atoms with van der Waals surface area (Å²) in [5.74, 6) is 1.13. The first-order valence-corrected chi connectivity index (χ1v) is 19.5. The number of aliphatic imine (C=N–C) groups is 1. The molecule has 0 aliphatic carbocycles. The fourth-order valence-electron chi connectivity index (χ4n) is 7.23. The average Bonchev–Trinajstić information content (AvgIpc) is 3.62. The fraction of sp³-hybridized carbons (Fsp3) is 0.571. The fourth-order valence-corrected chi connectivity index (χ4v) is 10.1. The van der Waals surface area contributed by atoms with E-state index in [-0.39, 0.29) is 50.0 Å².